The van der Waals surface area contributed by atoms with Crippen LogP contribution in [0.4, 0.5) is 0 Å². The summed E-state index contributed by atoms with van der Waals surface area (Å²) >= 11 is 0. The normalized spacial score (nSPS) is 13.2. The van der Waals surface area contributed by atoms with E-state index in [-0.39, 0.29) is 18.4 Å². The fourth-order valence-corrected chi connectivity index (χ4v) is 0.468. The molecule has 0 aliphatic rings. The summed E-state index contributed by atoms with van der Waals surface area (Å²) < 4.78 is 8.80. The number of carbonyl (C=O) groups excluding carboxylic acids is 2. The third kappa shape index (κ3) is 9.33. The molecule has 0 heterocycles. The number of Topliss-reactive ketones (excluding diaryl/α,β-unsaturated/α-hetero) is 1. The highest BCUT2D eigenvalue weighted by Gasteiger charge is 2.07. The molecule has 0 amide bonds. The van der Waals surface area contributed by atoms with Crippen LogP contribution in [0.15, 0.2) is 0 Å². The van der Waals surface area contributed by atoms with Gasteiger partial charge in [-0.3, -0.25) is 4.79 Å². The maximum atomic E-state index is 10.5. The molecule has 0 aromatic rings. The minimum Gasteiger partial charge on any atom is -0.467 e. The highest BCUT2D eigenvalue weighted by molar-refractivity contribution is 5.84. The summed E-state index contributed by atoms with van der Waals surface area (Å²) in [5, 5.41) is 8.35. The number of aliphatic hydroxyl groups is 1. The Morgan fingerprint density at radius 1 is 1.33 bits per heavy atom. The average Bonchev–Trinajstić information content (AvgIpc) is 2.26. The summed E-state index contributed by atoms with van der Waals surface area (Å²) in [7, 11) is 2.72. The molecule has 15 heavy (non-hydrogen) atoms. The zero-order chi connectivity index (χ0) is 12.4. The molecule has 0 aromatic heterocycles. The molecule has 0 saturated carbocycles. The van der Waals surface area contributed by atoms with Crippen molar-refractivity contribution < 1.29 is 24.2 Å². The minimum absolute atomic E-state index is 0.0625. The monoisotopic (exact) mass is 221 g/mol. The molecule has 0 saturated heterocycles. The number of hydrogen-bond donors (Lipinski definition) is 2. The smallest absolute Gasteiger partial charge is 0.334 e. The van der Waals surface area contributed by atoms with Gasteiger partial charge in [0.1, 0.15) is 12.2 Å². The first-order valence-corrected chi connectivity index (χ1v) is 4.42. The number of ketones is 1. The van der Waals surface area contributed by atoms with Gasteiger partial charge in [0.25, 0.3) is 0 Å². The molecule has 3 N–H and O–H groups in total. The first-order valence-electron chi connectivity index (χ1n) is 4.42. The van der Waals surface area contributed by atoms with Crippen LogP contribution in [0.1, 0.15) is 13.8 Å². The van der Waals surface area contributed by atoms with Crippen LogP contribution >= 0.6 is 0 Å². The van der Waals surface area contributed by atoms with Crippen LogP contribution in [0.5, 0.6) is 0 Å². The van der Waals surface area contributed by atoms with E-state index in [1.807, 2.05) is 0 Å². The lowest BCUT2D eigenvalue weighted by Gasteiger charge is -2.03. The summed E-state index contributed by atoms with van der Waals surface area (Å²) in [6.45, 7) is 3.09. The number of aliphatic hydroxyl groups excluding tert-OH is 1. The van der Waals surface area contributed by atoms with Gasteiger partial charge in [0.2, 0.25) is 0 Å². The van der Waals surface area contributed by atoms with Gasteiger partial charge in [-0.25, -0.2) is 4.79 Å². The molecule has 0 aliphatic heterocycles. The Balaban J connectivity index is 0. The van der Waals surface area contributed by atoms with Crippen LogP contribution in [0.2, 0.25) is 0 Å². The van der Waals surface area contributed by atoms with Crippen molar-refractivity contribution >= 4 is 11.8 Å². The number of hydrogen-bond acceptors (Lipinski definition) is 6. The van der Waals surface area contributed by atoms with Crippen molar-refractivity contribution in [3.8, 4) is 0 Å². The van der Waals surface area contributed by atoms with Crippen molar-refractivity contribution in [3.05, 3.63) is 0 Å². The number of ether oxygens (including phenoxy) is 2. The Morgan fingerprint density at radius 3 is 1.87 bits per heavy atom. The number of esters is 1. The molecule has 0 bridgehead atoms. The molecule has 6 heteroatoms. The van der Waals surface area contributed by atoms with E-state index in [0.29, 0.717) is 0 Å². The van der Waals surface area contributed by atoms with E-state index in [9.17, 15) is 9.59 Å². The quantitative estimate of drug-likeness (QED) is 0.596. The second-order valence-corrected chi connectivity index (χ2v) is 2.75. The number of carbonyl (C=O) groups is 2. The second kappa shape index (κ2) is 9.57. The third-order valence-electron chi connectivity index (χ3n) is 1.55. The average molecular weight is 221 g/mol. The lowest BCUT2D eigenvalue weighted by atomic mass is 10.3. The van der Waals surface area contributed by atoms with Crippen LogP contribution in [0, 0.1) is 0 Å². The van der Waals surface area contributed by atoms with E-state index in [1.165, 1.54) is 21.1 Å². The van der Waals surface area contributed by atoms with Gasteiger partial charge in [0.15, 0.2) is 5.78 Å². The molecule has 0 radical (unpaired) electrons. The molecule has 0 spiro atoms. The molecule has 2 atom stereocenters. The van der Waals surface area contributed by atoms with Gasteiger partial charge in [-0.1, -0.05) is 0 Å². The fraction of sp³-hybridized carbons (Fsp3) is 0.778. The molecule has 90 valence electrons. The number of rotatable bonds is 4. The van der Waals surface area contributed by atoms with Crippen LogP contribution in [0.25, 0.3) is 0 Å². The molecule has 0 unspecified atom stereocenters. The summed E-state index contributed by atoms with van der Waals surface area (Å²) in [5.74, 6) is -0.660. The highest BCUT2D eigenvalue weighted by atomic mass is 16.5. The molecule has 0 rings (SSSR count). The zero-order valence-electron chi connectivity index (χ0n) is 9.52. The standard InChI is InChI=1S/C5H11NO2.C4H8O3/c1-4(8-2)5(7)3-6;1-3(5)4(6)7-2/h4H,3,6H2,1-2H3;3,5H,1-2H3/t4-;3-/m11/s1. The van der Waals surface area contributed by atoms with Crippen LogP contribution in [-0.2, 0) is 19.1 Å². The van der Waals surface area contributed by atoms with E-state index in [0.717, 1.165) is 0 Å². The van der Waals surface area contributed by atoms with E-state index >= 15 is 0 Å². The predicted molar refractivity (Wildman–Crippen MR) is 54.2 cm³/mol. The van der Waals surface area contributed by atoms with E-state index < -0.39 is 12.1 Å². The fourth-order valence-electron chi connectivity index (χ4n) is 0.468. The van der Waals surface area contributed by atoms with Gasteiger partial charge in [0.05, 0.1) is 13.7 Å². The van der Waals surface area contributed by atoms with Crippen molar-refractivity contribution in [1.82, 2.24) is 0 Å². The Labute approximate surface area is 89.3 Å². The summed E-state index contributed by atoms with van der Waals surface area (Å²) in [6.07, 6.45) is -1.34. The van der Waals surface area contributed by atoms with Crippen LogP contribution < -0.4 is 5.73 Å². The maximum absolute atomic E-state index is 10.5. The van der Waals surface area contributed by atoms with Crippen LogP contribution in [0.3, 0.4) is 0 Å². The minimum atomic E-state index is -0.995. The third-order valence-corrected chi connectivity index (χ3v) is 1.55. The van der Waals surface area contributed by atoms with Crippen molar-refractivity contribution in [3.63, 3.8) is 0 Å². The maximum Gasteiger partial charge on any atom is 0.334 e. The highest BCUT2D eigenvalue weighted by Crippen LogP contribution is 1.86. The van der Waals surface area contributed by atoms with Gasteiger partial charge >= 0.3 is 5.97 Å². The van der Waals surface area contributed by atoms with E-state index in [2.05, 4.69) is 9.47 Å². The van der Waals surface area contributed by atoms with E-state index in [1.54, 1.807) is 6.92 Å². The summed E-state index contributed by atoms with van der Waals surface area (Å²) in [5.41, 5.74) is 5.02. The van der Waals surface area contributed by atoms with Gasteiger partial charge in [-0.15, -0.1) is 0 Å². The number of nitrogens with two attached hydrogens (primary N) is 1. The molecular formula is C9H19NO5. The SMILES string of the molecule is COC(=O)[C@@H](C)O.CO[C@H](C)C(=O)CN. The first-order chi connectivity index (χ1) is 6.90. The molecular weight excluding hydrogens is 202 g/mol. The largest absolute Gasteiger partial charge is 0.467 e. The molecule has 0 aromatic carbocycles. The number of methoxy groups -OCH3 is 2. The van der Waals surface area contributed by atoms with Crippen molar-refractivity contribution in [1.29, 1.82) is 0 Å². The Hall–Kier alpha value is -0.980. The van der Waals surface area contributed by atoms with Gasteiger partial charge in [-0.05, 0) is 13.8 Å². The Kier molecular flexibility index (Phi) is 10.5. The van der Waals surface area contributed by atoms with Crippen molar-refractivity contribution in [2.75, 3.05) is 20.8 Å². The van der Waals surface area contributed by atoms with Crippen molar-refractivity contribution in [2.24, 2.45) is 5.73 Å². The van der Waals surface area contributed by atoms with Crippen molar-refractivity contribution in [2.45, 2.75) is 26.1 Å². The first kappa shape index (κ1) is 16.4. The topological polar surface area (TPSA) is 98.9 Å². The lowest BCUT2D eigenvalue weighted by molar-refractivity contribution is -0.149. The summed E-state index contributed by atoms with van der Waals surface area (Å²) in [4.78, 5) is 20.5. The lowest BCUT2D eigenvalue weighted by Crippen LogP contribution is -2.26. The van der Waals surface area contributed by atoms with Gasteiger partial charge in [0, 0.05) is 7.11 Å². The Morgan fingerprint density at radius 2 is 1.80 bits per heavy atom. The molecule has 0 fully saturated rings. The van der Waals surface area contributed by atoms with Gasteiger partial charge < -0.3 is 20.3 Å². The molecule has 6 nitrogen and oxygen atoms in total. The second-order valence-electron chi connectivity index (χ2n) is 2.75. The Bertz CT molecular complexity index is 193. The van der Waals surface area contributed by atoms with E-state index in [4.69, 9.17) is 10.8 Å². The van der Waals surface area contributed by atoms with Crippen LogP contribution in [-0.4, -0.2) is 49.8 Å². The summed E-state index contributed by atoms with van der Waals surface area (Å²) in [6, 6.07) is 0. The zero-order valence-corrected chi connectivity index (χ0v) is 9.52. The predicted octanol–water partition coefficient (Wildman–Crippen LogP) is -0.911. The van der Waals surface area contributed by atoms with Gasteiger partial charge in [-0.2, -0.15) is 0 Å². The molecule has 0 aliphatic carbocycles.